The maximum atomic E-state index is 9.97. The lowest BCUT2D eigenvalue weighted by molar-refractivity contribution is 0.370. The van der Waals surface area contributed by atoms with Gasteiger partial charge >= 0.3 is 0 Å². The summed E-state index contributed by atoms with van der Waals surface area (Å²) in [6, 6.07) is 15.0. The van der Waals surface area contributed by atoms with Crippen molar-refractivity contribution in [1.82, 2.24) is 0 Å². The fourth-order valence-electron chi connectivity index (χ4n) is 1.94. The van der Waals surface area contributed by atoms with Gasteiger partial charge in [0.25, 0.3) is 0 Å². The van der Waals surface area contributed by atoms with Gasteiger partial charge in [-0.2, -0.15) is 0 Å². The van der Waals surface area contributed by atoms with Gasteiger partial charge in [0.1, 0.15) is 0 Å². The Kier molecular flexibility index (Phi) is 7.51. The van der Waals surface area contributed by atoms with Gasteiger partial charge in [-0.25, -0.2) is 0 Å². The normalized spacial score (nSPS) is 10.7. The van der Waals surface area contributed by atoms with E-state index in [0.29, 0.717) is 24.7 Å². The summed E-state index contributed by atoms with van der Waals surface area (Å²) in [5, 5.41) is 13.0. The molecular weight excluding hydrogens is 393 g/mol. The molecule has 2 aromatic carbocycles. The van der Waals surface area contributed by atoms with E-state index in [-0.39, 0.29) is 29.7 Å². The molecule has 0 aliphatic heterocycles. The summed E-state index contributed by atoms with van der Waals surface area (Å²) in [6.45, 7) is 0.479. The number of hydrogen-bond donors (Lipinski definition) is 3. The highest BCUT2D eigenvalue weighted by atomic mass is 127. The Bertz CT molecular complexity index is 618. The summed E-state index contributed by atoms with van der Waals surface area (Å²) in [5.74, 6) is 0.972. The van der Waals surface area contributed by atoms with E-state index in [9.17, 15) is 5.11 Å². The third-order valence-corrected chi connectivity index (χ3v) is 3.01. The highest BCUT2D eigenvalue weighted by molar-refractivity contribution is 14.0. The molecule has 0 bridgehead atoms. The molecule has 118 valence electrons. The van der Waals surface area contributed by atoms with Gasteiger partial charge in [-0.05, 0) is 30.2 Å². The van der Waals surface area contributed by atoms with E-state index in [0.717, 1.165) is 11.3 Å². The molecular formula is C16H20IN3O2. The summed E-state index contributed by atoms with van der Waals surface area (Å²) in [5.41, 5.74) is 7.49. The monoisotopic (exact) mass is 413 g/mol. The molecule has 4 N–H and O–H groups in total. The van der Waals surface area contributed by atoms with Crippen molar-refractivity contribution in [2.75, 3.05) is 19.0 Å². The SMILES string of the molecule is COc1cccc(CCN=C(N)Nc2ccccc2)c1O.I. The first-order valence-electron chi connectivity index (χ1n) is 6.67. The Morgan fingerprint density at radius 2 is 1.91 bits per heavy atom. The first-order chi connectivity index (χ1) is 10.2. The van der Waals surface area contributed by atoms with E-state index in [4.69, 9.17) is 10.5 Å². The smallest absolute Gasteiger partial charge is 0.193 e. The van der Waals surface area contributed by atoms with Crippen LogP contribution in [0.1, 0.15) is 5.56 Å². The summed E-state index contributed by atoms with van der Waals surface area (Å²) in [7, 11) is 1.53. The molecule has 0 heterocycles. The number of phenols is 1. The van der Waals surface area contributed by atoms with Crippen LogP contribution in [0.15, 0.2) is 53.5 Å². The molecule has 0 aliphatic carbocycles. The Labute approximate surface area is 147 Å². The molecule has 0 radical (unpaired) electrons. The first kappa shape index (κ1) is 18.1. The van der Waals surface area contributed by atoms with Gasteiger partial charge in [0.2, 0.25) is 0 Å². The number of methoxy groups -OCH3 is 1. The molecule has 5 nitrogen and oxygen atoms in total. The standard InChI is InChI=1S/C16H19N3O2.HI/c1-21-14-9-5-6-12(15(14)20)10-11-18-16(17)19-13-7-3-2-4-8-13;/h2-9,20H,10-11H2,1H3,(H3,17,18,19);1H. The molecule has 22 heavy (non-hydrogen) atoms. The van der Waals surface area contributed by atoms with Crippen LogP contribution in [0.5, 0.6) is 11.5 Å². The number of anilines is 1. The number of aliphatic imine (C=N–C) groups is 1. The van der Waals surface area contributed by atoms with Crippen LogP contribution < -0.4 is 15.8 Å². The summed E-state index contributed by atoms with van der Waals surface area (Å²) < 4.78 is 5.07. The highest BCUT2D eigenvalue weighted by Crippen LogP contribution is 2.29. The van der Waals surface area contributed by atoms with E-state index >= 15 is 0 Å². The lowest BCUT2D eigenvalue weighted by atomic mass is 10.1. The second-order valence-electron chi connectivity index (χ2n) is 4.48. The van der Waals surface area contributed by atoms with Crippen molar-refractivity contribution in [1.29, 1.82) is 0 Å². The summed E-state index contributed by atoms with van der Waals surface area (Å²) in [6.07, 6.45) is 0.584. The molecule has 0 aromatic heterocycles. The Morgan fingerprint density at radius 1 is 1.18 bits per heavy atom. The molecule has 0 fully saturated rings. The molecule has 0 spiro atoms. The van der Waals surface area contributed by atoms with E-state index in [1.54, 1.807) is 6.07 Å². The molecule has 2 aromatic rings. The topological polar surface area (TPSA) is 79.9 Å². The lowest BCUT2D eigenvalue weighted by Crippen LogP contribution is -2.23. The Morgan fingerprint density at radius 3 is 2.59 bits per heavy atom. The molecule has 0 amide bonds. The van der Waals surface area contributed by atoms with Gasteiger partial charge in [0.05, 0.1) is 7.11 Å². The number of guanidine groups is 1. The maximum Gasteiger partial charge on any atom is 0.193 e. The van der Waals surface area contributed by atoms with Crippen molar-refractivity contribution in [2.24, 2.45) is 10.7 Å². The predicted octanol–water partition coefficient (Wildman–Crippen LogP) is 2.99. The van der Waals surface area contributed by atoms with Crippen LogP contribution in [-0.2, 0) is 6.42 Å². The van der Waals surface area contributed by atoms with Gasteiger partial charge in [-0.3, -0.25) is 4.99 Å². The number of phenolic OH excluding ortho intramolecular Hbond substituents is 1. The second kappa shape index (κ2) is 9.14. The minimum Gasteiger partial charge on any atom is -0.504 e. The van der Waals surface area contributed by atoms with Crippen LogP contribution in [0.2, 0.25) is 0 Å². The number of nitrogens with two attached hydrogens (primary N) is 1. The largest absolute Gasteiger partial charge is 0.504 e. The summed E-state index contributed by atoms with van der Waals surface area (Å²) in [4.78, 5) is 4.24. The van der Waals surface area contributed by atoms with Gasteiger partial charge in [-0.1, -0.05) is 30.3 Å². The van der Waals surface area contributed by atoms with Crippen LogP contribution in [0.4, 0.5) is 5.69 Å². The van der Waals surface area contributed by atoms with Crippen molar-refractivity contribution in [3.63, 3.8) is 0 Å². The van der Waals surface area contributed by atoms with Crippen LogP contribution in [-0.4, -0.2) is 24.7 Å². The number of rotatable bonds is 5. The van der Waals surface area contributed by atoms with Crippen molar-refractivity contribution < 1.29 is 9.84 Å². The van der Waals surface area contributed by atoms with E-state index in [1.807, 2.05) is 42.5 Å². The van der Waals surface area contributed by atoms with Crippen LogP contribution >= 0.6 is 24.0 Å². The number of nitrogens with one attached hydrogen (secondary N) is 1. The Hall–Kier alpha value is -1.96. The number of halogens is 1. The maximum absolute atomic E-state index is 9.97. The number of nitrogens with zero attached hydrogens (tertiary/aromatic N) is 1. The quantitative estimate of drug-likeness (QED) is 0.400. The molecule has 0 aliphatic rings. The van der Waals surface area contributed by atoms with Gasteiger partial charge in [0, 0.05) is 12.2 Å². The highest BCUT2D eigenvalue weighted by Gasteiger charge is 2.06. The lowest BCUT2D eigenvalue weighted by Gasteiger charge is -2.08. The van der Waals surface area contributed by atoms with E-state index < -0.39 is 0 Å². The van der Waals surface area contributed by atoms with Crippen LogP contribution in [0.3, 0.4) is 0 Å². The zero-order valence-corrected chi connectivity index (χ0v) is 14.7. The van der Waals surface area contributed by atoms with Gasteiger partial charge < -0.3 is 20.9 Å². The number of para-hydroxylation sites is 2. The number of benzene rings is 2. The van der Waals surface area contributed by atoms with Crippen LogP contribution in [0, 0.1) is 0 Å². The predicted molar refractivity (Wildman–Crippen MR) is 100 cm³/mol. The molecule has 0 unspecified atom stereocenters. The minimum atomic E-state index is 0. The zero-order valence-electron chi connectivity index (χ0n) is 12.3. The fraction of sp³-hybridized carbons (Fsp3) is 0.188. The molecule has 0 saturated carbocycles. The van der Waals surface area contributed by atoms with Gasteiger partial charge in [-0.15, -0.1) is 24.0 Å². The molecule has 0 saturated heterocycles. The zero-order chi connectivity index (χ0) is 15.1. The third-order valence-electron chi connectivity index (χ3n) is 3.01. The summed E-state index contributed by atoms with van der Waals surface area (Å²) >= 11 is 0. The van der Waals surface area contributed by atoms with Crippen LogP contribution in [0.25, 0.3) is 0 Å². The average Bonchev–Trinajstić information content (AvgIpc) is 2.50. The molecule has 2 rings (SSSR count). The minimum absolute atomic E-state index is 0. The van der Waals surface area contributed by atoms with Crippen molar-refractivity contribution in [2.45, 2.75) is 6.42 Å². The Balaban J connectivity index is 0.00000242. The fourth-order valence-corrected chi connectivity index (χ4v) is 1.94. The van der Waals surface area contributed by atoms with E-state index in [2.05, 4.69) is 10.3 Å². The number of ether oxygens (including phenoxy) is 1. The first-order valence-corrected chi connectivity index (χ1v) is 6.67. The third kappa shape index (κ3) is 5.10. The van der Waals surface area contributed by atoms with Crippen molar-refractivity contribution >= 4 is 35.6 Å². The van der Waals surface area contributed by atoms with Crippen molar-refractivity contribution in [3.8, 4) is 11.5 Å². The van der Waals surface area contributed by atoms with Crippen molar-refractivity contribution in [3.05, 3.63) is 54.1 Å². The van der Waals surface area contributed by atoms with Gasteiger partial charge in [0.15, 0.2) is 17.5 Å². The number of aromatic hydroxyl groups is 1. The number of hydrogen-bond acceptors (Lipinski definition) is 3. The molecule has 0 atom stereocenters. The molecule has 6 heteroatoms. The average molecular weight is 413 g/mol. The second-order valence-corrected chi connectivity index (χ2v) is 4.48. The van der Waals surface area contributed by atoms with E-state index in [1.165, 1.54) is 7.11 Å².